The number of hydrogen-bond donors (Lipinski definition) is 1. The molecule has 3 nitrogen and oxygen atoms in total. The molecule has 3 heteroatoms. The van der Waals surface area contributed by atoms with Gasteiger partial charge in [0.15, 0.2) is 5.78 Å². The number of anilines is 1. The monoisotopic (exact) mass is 261 g/mol. The highest BCUT2D eigenvalue weighted by Gasteiger charge is 2.13. The van der Waals surface area contributed by atoms with Crippen molar-refractivity contribution in [3.8, 4) is 0 Å². The van der Waals surface area contributed by atoms with Crippen molar-refractivity contribution in [1.29, 1.82) is 0 Å². The average molecular weight is 261 g/mol. The maximum Gasteiger partial charge on any atom is 0.224 e. The molecule has 1 N–H and O–H groups in total. The molecular weight excluding hydrogens is 238 g/mol. The average Bonchev–Trinajstić information content (AvgIpc) is 2.36. The Morgan fingerprint density at radius 3 is 2.16 bits per heavy atom. The highest BCUT2D eigenvalue weighted by atomic mass is 16.1. The third kappa shape index (κ3) is 4.86. The third-order valence-electron chi connectivity index (χ3n) is 3.11. The lowest BCUT2D eigenvalue weighted by atomic mass is 9.97. The molecule has 1 atom stereocenters. The maximum absolute atomic E-state index is 12.0. The van der Waals surface area contributed by atoms with Gasteiger partial charge in [-0.2, -0.15) is 0 Å². The van der Waals surface area contributed by atoms with E-state index in [0.29, 0.717) is 17.9 Å². The molecule has 1 amide bonds. The van der Waals surface area contributed by atoms with Crippen LogP contribution in [-0.4, -0.2) is 11.7 Å². The van der Waals surface area contributed by atoms with E-state index < -0.39 is 0 Å². The van der Waals surface area contributed by atoms with Gasteiger partial charge in [0.05, 0.1) is 0 Å². The zero-order valence-corrected chi connectivity index (χ0v) is 12.2. The first kappa shape index (κ1) is 15.4. The Kier molecular flexibility index (Phi) is 5.74. The van der Waals surface area contributed by atoms with Crippen LogP contribution in [0.3, 0.4) is 0 Å². The van der Waals surface area contributed by atoms with Crippen LogP contribution in [0.5, 0.6) is 0 Å². The van der Waals surface area contributed by atoms with E-state index in [2.05, 4.69) is 5.32 Å². The van der Waals surface area contributed by atoms with E-state index in [0.717, 1.165) is 12.1 Å². The van der Waals surface area contributed by atoms with Gasteiger partial charge in [0.1, 0.15) is 0 Å². The topological polar surface area (TPSA) is 46.2 Å². The third-order valence-corrected chi connectivity index (χ3v) is 3.11. The van der Waals surface area contributed by atoms with Gasteiger partial charge in [-0.1, -0.05) is 27.7 Å². The Hall–Kier alpha value is -1.64. The van der Waals surface area contributed by atoms with Crippen LogP contribution in [-0.2, 0) is 4.79 Å². The molecule has 0 spiro atoms. The second-order valence-electron chi connectivity index (χ2n) is 5.40. The van der Waals surface area contributed by atoms with Gasteiger partial charge in [-0.25, -0.2) is 0 Å². The number of rotatable bonds is 6. The van der Waals surface area contributed by atoms with E-state index >= 15 is 0 Å². The largest absolute Gasteiger partial charge is 0.326 e. The fraction of sp³-hybridized carbons (Fsp3) is 0.500. The standard InChI is InChI=1S/C16H23NO2/c1-5-12(4)16(19)13-6-8-14(9-7-13)17-15(18)10-11(2)3/h6-9,11-12H,5,10H2,1-4H3,(H,17,18). The summed E-state index contributed by atoms with van der Waals surface area (Å²) in [5.41, 5.74) is 1.45. The number of amides is 1. The quantitative estimate of drug-likeness (QED) is 0.789. The smallest absolute Gasteiger partial charge is 0.224 e. The van der Waals surface area contributed by atoms with E-state index in [9.17, 15) is 9.59 Å². The van der Waals surface area contributed by atoms with Gasteiger partial charge in [0.25, 0.3) is 0 Å². The summed E-state index contributed by atoms with van der Waals surface area (Å²) in [6.07, 6.45) is 1.35. The van der Waals surface area contributed by atoms with Gasteiger partial charge in [0, 0.05) is 23.6 Å². The molecule has 0 fully saturated rings. The molecule has 1 rings (SSSR count). The van der Waals surface area contributed by atoms with Crippen LogP contribution in [0.4, 0.5) is 5.69 Å². The first-order chi connectivity index (χ1) is 8.93. The van der Waals surface area contributed by atoms with Crippen LogP contribution in [0.1, 0.15) is 50.9 Å². The van der Waals surface area contributed by atoms with E-state index in [1.807, 2.05) is 27.7 Å². The normalized spacial score (nSPS) is 12.3. The minimum atomic E-state index is 0.0102. The van der Waals surface area contributed by atoms with Crippen molar-refractivity contribution >= 4 is 17.4 Å². The molecule has 0 bridgehead atoms. The molecule has 0 aliphatic heterocycles. The fourth-order valence-corrected chi connectivity index (χ4v) is 1.77. The maximum atomic E-state index is 12.0. The van der Waals surface area contributed by atoms with Crippen molar-refractivity contribution in [2.45, 2.75) is 40.5 Å². The van der Waals surface area contributed by atoms with Crippen molar-refractivity contribution in [3.05, 3.63) is 29.8 Å². The Balaban J connectivity index is 2.66. The molecule has 0 aliphatic rings. The minimum absolute atomic E-state index is 0.0102. The highest BCUT2D eigenvalue weighted by molar-refractivity contribution is 5.98. The van der Waals surface area contributed by atoms with Crippen molar-refractivity contribution < 1.29 is 9.59 Å². The molecule has 0 aliphatic carbocycles. The number of hydrogen-bond acceptors (Lipinski definition) is 2. The summed E-state index contributed by atoms with van der Waals surface area (Å²) in [4.78, 5) is 23.6. The van der Waals surface area contributed by atoms with Gasteiger partial charge < -0.3 is 5.32 Å². The van der Waals surface area contributed by atoms with Gasteiger partial charge >= 0.3 is 0 Å². The molecule has 0 saturated heterocycles. The predicted molar refractivity (Wildman–Crippen MR) is 78.3 cm³/mol. The molecule has 0 saturated carbocycles. The Morgan fingerprint density at radius 1 is 1.11 bits per heavy atom. The van der Waals surface area contributed by atoms with Crippen LogP contribution in [0.15, 0.2) is 24.3 Å². The molecule has 1 aromatic rings. The van der Waals surface area contributed by atoms with Crippen molar-refractivity contribution in [2.24, 2.45) is 11.8 Å². The predicted octanol–water partition coefficient (Wildman–Crippen LogP) is 3.90. The number of ketones is 1. The van der Waals surface area contributed by atoms with Gasteiger partial charge in [-0.15, -0.1) is 0 Å². The minimum Gasteiger partial charge on any atom is -0.326 e. The van der Waals surface area contributed by atoms with Crippen LogP contribution in [0, 0.1) is 11.8 Å². The number of carbonyl (C=O) groups excluding carboxylic acids is 2. The lowest BCUT2D eigenvalue weighted by Gasteiger charge is -2.09. The highest BCUT2D eigenvalue weighted by Crippen LogP contribution is 2.15. The fourth-order valence-electron chi connectivity index (χ4n) is 1.77. The zero-order valence-electron chi connectivity index (χ0n) is 12.2. The summed E-state index contributed by atoms with van der Waals surface area (Å²) in [5.74, 6) is 0.547. The van der Waals surface area contributed by atoms with Gasteiger partial charge in [-0.05, 0) is 36.6 Å². The molecule has 1 unspecified atom stereocenters. The summed E-state index contributed by atoms with van der Waals surface area (Å²) in [5, 5.41) is 2.83. The Labute approximate surface area is 115 Å². The number of Topliss-reactive ketones (excluding diaryl/α,β-unsaturated/α-hetero) is 1. The molecule has 1 aromatic carbocycles. The molecular formula is C16H23NO2. The number of carbonyl (C=O) groups is 2. The lowest BCUT2D eigenvalue weighted by Crippen LogP contribution is -2.14. The molecule has 0 radical (unpaired) electrons. The SMILES string of the molecule is CCC(C)C(=O)c1ccc(NC(=O)CC(C)C)cc1. The Bertz CT molecular complexity index is 435. The summed E-state index contributed by atoms with van der Waals surface area (Å²) in [6, 6.07) is 7.13. The number of benzene rings is 1. The van der Waals surface area contributed by atoms with E-state index in [4.69, 9.17) is 0 Å². The summed E-state index contributed by atoms with van der Waals surface area (Å²) >= 11 is 0. The summed E-state index contributed by atoms with van der Waals surface area (Å²) in [6.45, 7) is 7.95. The van der Waals surface area contributed by atoms with E-state index in [1.54, 1.807) is 24.3 Å². The molecule has 19 heavy (non-hydrogen) atoms. The second kappa shape index (κ2) is 7.07. The molecule has 0 heterocycles. The second-order valence-corrected chi connectivity index (χ2v) is 5.40. The first-order valence-corrected chi connectivity index (χ1v) is 6.88. The van der Waals surface area contributed by atoms with Crippen LogP contribution in [0.2, 0.25) is 0 Å². The zero-order chi connectivity index (χ0) is 14.4. The van der Waals surface area contributed by atoms with Gasteiger partial charge in [-0.3, -0.25) is 9.59 Å². The van der Waals surface area contributed by atoms with E-state index in [-0.39, 0.29) is 17.6 Å². The van der Waals surface area contributed by atoms with Gasteiger partial charge in [0.2, 0.25) is 5.91 Å². The summed E-state index contributed by atoms with van der Waals surface area (Å²) in [7, 11) is 0. The van der Waals surface area contributed by atoms with E-state index in [1.165, 1.54) is 0 Å². The van der Waals surface area contributed by atoms with Crippen molar-refractivity contribution in [3.63, 3.8) is 0 Å². The molecule has 0 aromatic heterocycles. The van der Waals surface area contributed by atoms with Crippen LogP contribution < -0.4 is 5.32 Å². The lowest BCUT2D eigenvalue weighted by molar-refractivity contribution is -0.116. The molecule has 104 valence electrons. The first-order valence-electron chi connectivity index (χ1n) is 6.88. The van der Waals surface area contributed by atoms with Crippen molar-refractivity contribution in [2.75, 3.05) is 5.32 Å². The van der Waals surface area contributed by atoms with Crippen LogP contribution in [0.25, 0.3) is 0 Å². The number of nitrogens with one attached hydrogen (secondary N) is 1. The van der Waals surface area contributed by atoms with Crippen LogP contribution >= 0.6 is 0 Å². The summed E-state index contributed by atoms with van der Waals surface area (Å²) < 4.78 is 0. The van der Waals surface area contributed by atoms with Crippen molar-refractivity contribution in [1.82, 2.24) is 0 Å². The Morgan fingerprint density at radius 2 is 1.68 bits per heavy atom.